The average Bonchev–Trinajstić information content (AvgIpc) is 2.36. The van der Waals surface area contributed by atoms with Crippen LogP contribution in [-0.2, 0) is 6.42 Å². The topological polar surface area (TPSA) is 17.1 Å². The molecule has 2 aromatic carbocycles. The first-order valence-corrected chi connectivity index (χ1v) is 6.16. The lowest BCUT2D eigenvalue weighted by molar-refractivity contribution is 0.0982. The van der Waals surface area contributed by atoms with Gasteiger partial charge in [0.15, 0.2) is 5.78 Å². The number of Topliss-reactive ketones (excluding diaryl/α,β-unsaturated/α-hetero) is 1. The van der Waals surface area contributed by atoms with Crippen LogP contribution in [-0.4, -0.2) is 5.78 Å². The molecule has 0 spiro atoms. The molecule has 0 aliphatic rings. The Bertz CT molecular complexity index is 573. The summed E-state index contributed by atoms with van der Waals surface area (Å²) in [7, 11) is 0. The molecule has 0 radical (unpaired) electrons. The number of benzene rings is 2. The Kier molecular flexibility index (Phi) is 4.27. The minimum Gasteiger partial charge on any atom is -0.294 e. The molecule has 4 heteroatoms. The summed E-state index contributed by atoms with van der Waals surface area (Å²) in [5.41, 5.74) is 1.12. The van der Waals surface area contributed by atoms with Crippen LogP contribution in [0.5, 0.6) is 0 Å². The molecular formula is C15H11ClF2O. The molecule has 0 aliphatic heterocycles. The van der Waals surface area contributed by atoms with Gasteiger partial charge in [-0.15, -0.1) is 0 Å². The molecule has 0 unspecified atom stereocenters. The van der Waals surface area contributed by atoms with E-state index in [1.54, 1.807) is 6.07 Å². The minimum absolute atomic E-state index is 0.111. The molecule has 0 aromatic heterocycles. The van der Waals surface area contributed by atoms with Crippen molar-refractivity contribution in [1.82, 2.24) is 0 Å². The Morgan fingerprint density at radius 1 is 1.00 bits per heavy atom. The van der Waals surface area contributed by atoms with Crippen LogP contribution < -0.4 is 0 Å². The van der Waals surface area contributed by atoms with Gasteiger partial charge < -0.3 is 0 Å². The van der Waals surface area contributed by atoms with Gasteiger partial charge in [-0.3, -0.25) is 4.79 Å². The first-order valence-electron chi connectivity index (χ1n) is 5.78. The highest BCUT2D eigenvalue weighted by Gasteiger charge is 2.07. The quantitative estimate of drug-likeness (QED) is 0.757. The molecule has 0 saturated heterocycles. The fourth-order valence-electron chi connectivity index (χ4n) is 1.79. The second kappa shape index (κ2) is 5.93. The maximum atomic E-state index is 13.1. The SMILES string of the molecule is O=C(CCc1cc(F)cc(Cl)c1)c1ccc(F)cc1. The second-order valence-corrected chi connectivity index (χ2v) is 4.64. The molecule has 0 bridgehead atoms. The monoisotopic (exact) mass is 280 g/mol. The zero-order valence-corrected chi connectivity index (χ0v) is 10.8. The molecule has 0 amide bonds. The van der Waals surface area contributed by atoms with Crippen molar-refractivity contribution in [2.24, 2.45) is 0 Å². The fourth-order valence-corrected chi connectivity index (χ4v) is 2.04. The third-order valence-electron chi connectivity index (χ3n) is 2.73. The zero-order valence-electron chi connectivity index (χ0n) is 10.00. The highest BCUT2D eigenvalue weighted by molar-refractivity contribution is 6.30. The van der Waals surface area contributed by atoms with E-state index in [-0.39, 0.29) is 18.0 Å². The average molecular weight is 281 g/mol. The smallest absolute Gasteiger partial charge is 0.163 e. The van der Waals surface area contributed by atoms with Gasteiger partial charge in [0.2, 0.25) is 0 Å². The van der Waals surface area contributed by atoms with Crippen LogP contribution in [0.3, 0.4) is 0 Å². The number of hydrogen-bond donors (Lipinski definition) is 0. The van der Waals surface area contributed by atoms with E-state index in [9.17, 15) is 13.6 Å². The van der Waals surface area contributed by atoms with Crippen LogP contribution in [0.25, 0.3) is 0 Å². The summed E-state index contributed by atoms with van der Waals surface area (Å²) in [4.78, 5) is 11.8. The van der Waals surface area contributed by atoms with Crippen molar-refractivity contribution in [3.63, 3.8) is 0 Å². The van der Waals surface area contributed by atoms with E-state index >= 15 is 0 Å². The fraction of sp³-hybridized carbons (Fsp3) is 0.133. The predicted octanol–water partition coefficient (Wildman–Crippen LogP) is 4.43. The highest BCUT2D eigenvalue weighted by Crippen LogP contribution is 2.16. The predicted molar refractivity (Wildman–Crippen MR) is 70.5 cm³/mol. The first kappa shape index (κ1) is 13.7. The Balaban J connectivity index is 2.02. The number of rotatable bonds is 4. The summed E-state index contributed by atoms with van der Waals surface area (Å²) < 4.78 is 25.8. The van der Waals surface area contributed by atoms with E-state index in [0.717, 1.165) is 0 Å². The van der Waals surface area contributed by atoms with E-state index in [1.807, 2.05) is 0 Å². The van der Waals surface area contributed by atoms with Gasteiger partial charge in [-0.05, 0) is 54.4 Å². The Morgan fingerprint density at radius 3 is 2.32 bits per heavy atom. The third-order valence-corrected chi connectivity index (χ3v) is 2.95. The van der Waals surface area contributed by atoms with Gasteiger partial charge >= 0.3 is 0 Å². The van der Waals surface area contributed by atoms with Crippen molar-refractivity contribution in [3.05, 3.63) is 70.2 Å². The van der Waals surface area contributed by atoms with E-state index in [2.05, 4.69) is 0 Å². The first-order chi connectivity index (χ1) is 9.04. The van der Waals surface area contributed by atoms with Crippen molar-refractivity contribution in [3.8, 4) is 0 Å². The van der Waals surface area contributed by atoms with Gasteiger partial charge in [0, 0.05) is 17.0 Å². The van der Waals surface area contributed by atoms with Crippen LogP contribution in [0.2, 0.25) is 5.02 Å². The Morgan fingerprint density at radius 2 is 1.68 bits per heavy atom. The zero-order chi connectivity index (χ0) is 13.8. The van der Waals surface area contributed by atoms with Crippen molar-refractivity contribution in [1.29, 1.82) is 0 Å². The maximum absolute atomic E-state index is 13.1. The normalized spacial score (nSPS) is 10.5. The van der Waals surface area contributed by atoms with Crippen molar-refractivity contribution in [2.75, 3.05) is 0 Å². The van der Waals surface area contributed by atoms with Crippen molar-refractivity contribution >= 4 is 17.4 Å². The molecule has 0 fully saturated rings. The third kappa shape index (κ3) is 3.86. The largest absolute Gasteiger partial charge is 0.294 e. The highest BCUT2D eigenvalue weighted by atomic mass is 35.5. The summed E-state index contributed by atoms with van der Waals surface area (Å²) >= 11 is 5.73. The lowest BCUT2D eigenvalue weighted by Gasteiger charge is -2.03. The lowest BCUT2D eigenvalue weighted by atomic mass is 10.0. The molecule has 0 N–H and O–H groups in total. The molecule has 2 rings (SSSR count). The number of carbonyl (C=O) groups is 1. The van der Waals surface area contributed by atoms with E-state index in [4.69, 9.17) is 11.6 Å². The molecule has 98 valence electrons. The van der Waals surface area contributed by atoms with Gasteiger partial charge in [-0.1, -0.05) is 11.6 Å². The molecule has 2 aromatic rings. The van der Waals surface area contributed by atoms with Crippen LogP contribution in [0.15, 0.2) is 42.5 Å². The van der Waals surface area contributed by atoms with Gasteiger partial charge in [-0.25, -0.2) is 8.78 Å². The van der Waals surface area contributed by atoms with Crippen LogP contribution in [0.1, 0.15) is 22.3 Å². The van der Waals surface area contributed by atoms with Crippen LogP contribution in [0.4, 0.5) is 8.78 Å². The summed E-state index contributed by atoms with van der Waals surface area (Å²) in [6.45, 7) is 0. The van der Waals surface area contributed by atoms with E-state index < -0.39 is 5.82 Å². The lowest BCUT2D eigenvalue weighted by Crippen LogP contribution is -2.01. The van der Waals surface area contributed by atoms with E-state index in [0.29, 0.717) is 22.6 Å². The molecule has 1 nitrogen and oxygen atoms in total. The van der Waals surface area contributed by atoms with E-state index in [1.165, 1.54) is 36.4 Å². The maximum Gasteiger partial charge on any atom is 0.163 e. The van der Waals surface area contributed by atoms with Crippen LogP contribution >= 0.6 is 11.6 Å². The van der Waals surface area contributed by atoms with Crippen molar-refractivity contribution < 1.29 is 13.6 Å². The standard InChI is InChI=1S/C15H11ClF2O/c16-12-7-10(8-14(18)9-12)1-6-15(19)11-2-4-13(17)5-3-11/h2-5,7-9H,1,6H2. The summed E-state index contributed by atoms with van der Waals surface area (Å²) in [5.74, 6) is -0.912. The number of ketones is 1. The minimum atomic E-state index is -0.420. The second-order valence-electron chi connectivity index (χ2n) is 4.21. The molecule has 19 heavy (non-hydrogen) atoms. The summed E-state index contributed by atoms with van der Waals surface area (Å²) in [5, 5.41) is 0.309. The summed E-state index contributed by atoms with van der Waals surface area (Å²) in [6.07, 6.45) is 0.624. The molecular weight excluding hydrogens is 270 g/mol. The number of aryl methyl sites for hydroxylation is 1. The van der Waals surface area contributed by atoms with Gasteiger partial charge in [0.1, 0.15) is 11.6 Å². The van der Waals surface area contributed by atoms with Gasteiger partial charge in [0.05, 0.1) is 0 Å². The Labute approximate surface area is 114 Å². The number of carbonyl (C=O) groups excluding carboxylic acids is 1. The van der Waals surface area contributed by atoms with Gasteiger partial charge in [0.25, 0.3) is 0 Å². The summed E-state index contributed by atoms with van der Waals surface area (Å²) in [6, 6.07) is 9.56. The van der Waals surface area contributed by atoms with Gasteiger partial charge in [-0.2, -0.15) is 0 Å². The molecule has 0 saturated carbocycles. The Hall–Kier alpha value is -1.74. The molecule has 0 aliphatic carbocycles. The molecule has 0 atom stereocenters. The molecule has 0 heterocycles. The van der Waals surface area contributed by atoms with Crippen molar-refractivity contribution in [2.45, 2.75) is 12.8 Å². The number of halogens is 3. The van der Waals surface area contributed by atoms with Crippen LogP contribution in [0, 0.1) is 11.6 Å². The number of hydrogen-bond acceptors (Lipinski definition) is 1.